The molecule has 0 aromatic carbocycles. The molecule has 0 radical (unpaired) electrons. The van der Waals surface area contributed by atoms with E-state index in [-0.39, 0.29) is 5.97 Å². The number of hydrogen-bond acceptors (Lipinski definition) is 5. The number of oxime groups is 1. The third kappa shape index (κ3) is 13.7. The molecule has 0 bridgehead atoms. The van der Waals surface area contributed by atoms with E-state index in [1.807, 2.05) is 0 Å². The van der Waals surface area contributed by atoms with Gasteiger partial charge in [-0.15, -0.1) is 0 Å². The minimum absolute atomic E-state index is 0.211. The number of carboxylic acids is 1. The van der Waals surface area contributed by atoms with Crippen LogP contribution in [0.1, 0.15) is 13.8 Å². The molecular weight excluding hydrogens is 202 g/mol. The van der Waals surface area contributed by atoms with Gasteiger partial charge >= 0.3 is 11.9 Å². The van der Waals surface area contributed by atoms with E-state index in [4.69, 9.17) is 21.9 Å². The van der Waals surface area contributed by atoms with Gasteiger partial charge in [-0.05, 0) is 6.92 Å². The molecule has 0 aliphatic rings. The first kappa shape index (κ1) is 14.2. The monoisotopic (exact) mass is 211 g/mol. The summed E-state index contributed by atoms with van der Waals surface area (Å²) < 4.78 is 4.40. The number of carboxylic acid groups (broad SMARTS) is 1. The molecule has 0 aliphatic carbocycles. The number of carbonyl (C=O) groups is 2. The van der Waals surface area contributed by atoms with E-state index < -0.39 is 11.1 Å². The third-order valence-electron chi connectivity index (χ3n) is 0.612. The number of aliphatic carboxylic acids is 1. The molecule has 76 valence electrons. The maximum Gasteiger partial charge on any atom is 0.369 e. The Kier molecular flexibility index (Phi) is 9.63. The highest BCUT2D eigenvalue weighted by Gasteiger charge is 2.02. The molecule has 0 amide bonds. The topological polar surface area (TPSA) is 96.2 Å². The van der Waals surface area contributed by atoms with E-state index in [9.17, 15) is 9.59 Å². The van der Waals surface area contributed by atoms with Gasteiger partial charge in [0.2, 0.25) is 0 Å². The minimum atomic E-state index is -1.44. The van der Waals surface area contributed by atoms with Crippen molar-refractivity contribution < 1.29 is 24.6 Å². The number of rotatable bonds is 2. The Morgan fingerprint density at radius 2 is 2.00 bits per heavy atom. The fraction of sp³-hybridized carbons (Fsp3) is 0.500. The summed E-state index contributed by atoms with van der Waals surface area (Å²) in [6, 6.07) is 0. The Morgan fingerprint density at radius 1 is 1.54 bits per heavy atom. The first-order chi connectivity index (χ1) is 5.95. The highest BCUT2D eigenvalue weighted by atomic mass is 35.5. The maximum absolute atomic E-state index is 9.82. The third-order valence-corrected chi connectivity index (χ3v) is 0.849. The van der Waals surface area contributed by atoms with Crippen LogP contribution in [0.5, 0.6) is 0 Å². The number of esters is 1. The molecule has 0 saturated heterocycles. The zero-order valence-electron chi connectivity index (χ0n) is 7.15. The van der Waals surface area contributed by atoms with Crippen LogP contribution >= 0.6 is 11.6 Å². The van der Waals surface area contributed by atoms with Gasteiger partial charge in [0.05, 0.1) is 6.61 Å². The predicted molar refractivity (Wildman–Crippen MR) is 45.0 cm³/mol. The van der Waals surface area contributed by atoms with Gasteiger partial charge in [0, 0.05) is 6.92 Å². The quantitative estimate of drug-likeness (QED) is 0.303. The summed E-state index contributed by atoms with van der Waals surface area (Å²) in [6.07, 6.45) is 0. The molecule has 0 rings (SSSR count). The van der Waals surface area contributed by atoms with E-state index in [1.165, 1.54) is 6.92 Å². The fourth-order valence-electron chi connectivity index (χ4n) is 0.246. The molecule has 0 fully saturated rings. The molecule has 0 aromatic rings. The lowest BCUT2D eigenvalue weighted by Crippen LogP contribution is -2.03. The van der Waals surface area contributed by atoms with Crippen LogP contribution in [0, 0.1) is 0 Å². The molecular formula is C6H10ClNO5. The SMILES string of the molecule is CCOC(C)=O.O=C(O)C(Cl)=NO. The first-order valence-corrected chi connectivity index (χ1v) is 3.57. The molecule has 2 N–H and O–H groups in total. The molecule has 0 saturated carbocycles. The van der Waals surface area contributed by atoms with Gasteiger partial charge in [0.1, 0.15) is 0 Å². The second-order valence-electron chi connectivity index (χ2n) is 1.62. The molecule has 0 unspecified atom stereocenters. The lowest BCUT2D eigenvalue weighted by Gasteiger charge is -1.89. The molecule has 0 heterocycles. The summed E-state index contributed by atoms with van der Waals surface area (Å²) in [5.74, 6) is -1.65. The van der Waals surface area contributed by atoms with Gasteiger partial charge in [0.15, 0.2) is 0 Å². The van der Waals surface area contributed by atoms with Crippen LogP contribution in [0.15, 0.2) is 5.16 Å². The first-order valence-electron chi connectivity index (χ1n) is 3.19. The van der Waals surface area contributed by atoms with Crippen molar-refractivity contribution in [2.24, 2.45) is 5.16 Å². The standard InChI is InChI=1S/C4H8O2.C2H2ClNO3/c1-3-6-4(2)5;3-1(4-7)2(5)6/h3H2,1-2H3;7H,(H,5,6). The van der Waals surface area contributed by atoms with Gasteiger partial charge in [-0.1, -0.05) is 16.8 Å². The van der Waals surface area contributed by atoms with Gasteiger partial charge < -0.3 is 15.1 Å². The number of halogens is 1. The predicted octanol–water partition coefficient (Wildman–Crippen LogP) is 0.667. The Morgan fingerprint density at radius 3 is 2.00 bits per heavy atom. The summed E-state index contributed by atoms with van der Waals surface area (Å²) in [5, 5.41) is 16.7. The van der Waals surface area contributed by atoms with Crippen molar-refractivity contribution in [1.29, 1.82) is 0 Å². The van der Waals surface area contributed by atoms with E-state index in [0.29, 0.717) is 6.61 Å². The number of ether oxygens (including phenoxy) is 1. The Bertz CT molecular complexity index is 203. The Labute approximate surface area is 79.7 Å². The molecule has 0 aromatic heterocycles. The highest BCUT2D eigenvalue weighted by Crippen LogP contribution is 1.81. The van der Waals surface area contributed by atoms with E-state index >= 15 is 0 Å². The van der Waals surface area contributed by atoms with Crippen molar-refractivity contribution in [3.63, 3.8) is 0 Å². The zero-order valence-corrected chi connectivity index (χ0v) is 7.91. The second-order valence-corrected chi connectivity index (χ2v) is 1.98. The average Bonchev–Trinajstić information content (AvgIpc) is 2.03. The maximum atomic E-state index is 9.82. The van der Waals surface area contributed by atoms with E-state index in [0.717, 1.165) is 0 Å². The van der Waals surface area contributed by atoms with Gasteiger partial charge in [-0.2, -0.15) is 0 Å². The smallest absolute Gasteiger partial charge is 0.369 e. The van der Waals surface area contributed by atoms with Crippen LogP contribution in [-0.2, 0) is 14.3 Å². The molecule has 13 heavy (non-hydrogen) atoms. The largest absolute Gasteiger partial charge is 0.476 e. The fourth-order valence-corrected chi connectivity index (χ4v) is 0.246. The average molecular weight is 212 g/mol. The van der Waals surface area contributed by atoms with Gasteiger partial charge in [-0.25, -0.2) is 4.79 Å². The van der Waals surface area contributed by atoms with Crippen LogP contribution in [-0.4, -0.2) is 34.0 Å². The Balaban J connectivity index is 0. The normalized spacial score (nSPS) is 9.62. The van der Waals surface area contributed by atoms with Gasteiger partial charge in [0.25, 0.3) is 5.17 Å². The van der Waals surface area contributed by atoms with Crippen LogP contribution in [0.25, 0.3) is 0 Å². The molecule has 6 nitrogen and oxygen atoms in total. The summed E-state index contributed by atoms with van der Waals surface area (Å²) >= 11 is 4.70. The summed E-state index contributed by atoms with van der Waals surface area (Å²) in [5.41, 5.74) is 0. The molecule has 0 spiro atoms. The summed E-state index contributed by atoms with van der Waals surface area (Å²) in [4.78, 5) is 19.3. The number of nitrogens with zero attached hydrogens (tertiary/aromatic N) is 1. The van der Waals surface area contributed by atoms with Crippen LogP contribution < -0.4 is 0 Å². The molecule has 0 aliphatic heterocycles. The molecule has 0 atom stereocenters. The van der Waals surface area contributed by atoms with Crippen LogP contribution in [0.4, 0.5) is 0 Å². The zero-order chi connectivity index (χ0) is 10.9. The van der Waals surface area contributed by atoms with Crippen molar-refractivity contribution in [2.75, 3.05) is 6.61 Å². The second kappa shape index (κ2) is 8.79. The van der Waals surface area contributed by atoms with Crippen molar-refractivity contribution in [3.8, 4) is 0 Å². The van der Waals surface area contributed by atoms with Crippen molar-refractivity contribution in [3.05, 3.63) is 0 Å². The van der Waals surface area contributed by atoms with Crippen molar-refractivity contribution in [2.45, 2.75) is 13.8 Å². The summed E-state index contributed by atoms with van der Waals surface area (Å²) in [6.45, 7) is 3.65. The highest BCUT2D eigenvalue weighted by molar-refractivity contribution is 6.81. The van der Waals surface area contributed by atoms with Gasteiger partial charge in [-0.3, -0.25) is 4.79 Å². The molecule has 7 heteroatoms. The number of carbonyl (C=O) groups excluding carboxylic acids is 1. The lowest BCUT2D eigenvalue weighted by molar-refractivity contribution is -0.140. The van der Waals surface area contributed by atoms with Crippen molar-refractivity contribution in [1.82, 2.24) is 0 Å². The number of hydrogen-bond donors (Lipinski definition) is 2. The van der Waals surface area contributed by atoms with E-state index in [1.54, 1.807) is 6.92 Å². The minimum Gasteiger partial charge on any atom is -0.476 e. The van der Waals surface area contributed by atoms with Crippen LogP contribution in [0.2, 0.25) is 0 Å². The van der Waals surface area contributed by atoms with Crippen molar-refractivity contribution >= 4 is 28.7 Å². The van der Waals surface area contributed by atoms with E-state index in [2.05, 4.69) is 9.89 Å². The Hall–Kier alpha value is -1.30. The lowest BCUT2D eigenvalue weighted by atomic mass is 10.8. The van der Waals surface area contributed by atoms with Crippen LogP contribution in [0.3, 0.4) is 0 Å². The summed E-state index contributed by atoms with van der Waals surface area (Å²) in [7, 11) is 0.